The van der Waals surface area contributed by atoms with E-state index in [-0.39, 0.29) is 5.91 Å². The zero-order valence-electron chi connectivity index (χ0n) is 10.1. The minimum absolute atomic E-state index is 0.0733. The molecule has 0 fully saturated rings. The van der Waals surface area contributed by atoms with Gasteiger partial charge in [-0.05, 0) is 13.8 Å². The van der Waals surface area contributed by atoms with E-state index in [1.165, 1.54) is 0 Å². The average Bonchev–Trinajstić information content (AvgIpc) is 2.56. The van der Waals surface area contributed by atoms with Crippen molar-refractivity contribution < 1.29 is 4.79 Å². The Bertz CT molecular complexity index is 347. The van der Waals surface area contributed by atoms with E-state index in [0.29, 0.717) is 26.1 Å². The predicted octanol–water partition coefficient (Wildman–Crippen LogP) is -0.261. The van der Waals surface area contributed by atoms with Gasteiger partial charge in [-0.1, -0.05) is 0 Å². The van der Waals surface area contributed by atoms with Gasteiger partial charge >= 0.3 is 0 Å². The van der Waals surface area contributed by atoms with Crippen LogP contribution in [0.25, 0.3) is 0 Å². The minimum atomic E-state index is 0.0733. The van der Waals surface area contributed by atoms with Gasteiger partial charge in [0.25, 0.3) is 0 Å². The van der Waals surface area contributed by atoms with Gasteiger partial charge in [0.1, 0.15) is 11.6 Å². The lowest BCUT2D eigenvalue weighted by molar-refractivity contribution is -0.120. The molecule has 6 heteroatoms. The molecule has 90 valence electrons. The molecule has 1 rings (SSSR count). The van der Waals surface area contributed by atoms with Crippen LogP contribution in [0, 0.1) is 6.92 Å². The summed E-state index contributed by atoms with van der Waals surface area (Å²) in [5.41, 5.74) is 0. The average molecular weight is 225 g/mol. The van der Waals surface area contributed by atoms with Crippen LogP contribution in [0.15, 0.2) is 0 Å². The zero-order chi connectivity index (χ0) is 12.0. The summed E-state index contributed by atoms with van der Waals surface area (Å²) in [6.45, 7) is 5.79. The SMILES string of the molecule is CCNC(=O)CCNCc1nnc(C)n1C. The maximum Gasteiger partial charge on any atom is 0.221 e. The molecule has 1 aromatic rings. The third-order valence-electron chi connectivity index (χ3n) is 2.37. The fraction of sp³-hybridized carbons (Fsp3) is 0.700. The molecule has 0 atom stereocenters. The molecule has 2 N–H and O–H groups in total. The molecule has 0 unspecified atom stereocenters. The first-order chi connectivity index (χ1) is 7.65. The number of carbonyl (C=O) groups excluding carboxylic acids is 1. The van der Waals surface area contributed by atoms with Crippen LogP contribution in [0.1, 0.15) is 25.0 Å². The smallest absolute Gasteiger partial charge is 0.221 e. The molecule has 0 aromatic carbocycles. The number of rotatable bonds is 6. The van der Waals surface area contributed by atoms with Gasteiger partial charge in [0, 0.05) is 26.6 Å². The monoisotopic (exact) mass is 225 g/mol. The van der Waals surface area contributed by atoms with Crippen molar-refractivity contribution >= 4 is 5.91 Å². The third-order valence-corrected chi connectivity index (χ3v) is 2.37. The van der Waals surface area contributed by atoms with E-state index in [4.69, 9.17) is 0 Å². The topological polar surface area (TPSA) is 71.8 Å². The van der Waals surface area contributed by atoms with E-state index in [2.05, 4.69) is 20.8 Å². The molecule has 1 heterocycles. The van der Waals surface area contributed by atoms with Gasteiger partial charge in [0.05, 0.1) is 6.54 Å². The van der Waals surface area contributed by atoms with Crippen molar-refractivity contribution in [3.8, 4) is 0 Å². The van der Waals surface area contributed by atoms with E-state index in [1.807, 2.05) is 25.5 Å². The Balaban J connectivity index is 2.21. The van der Waals surface area contributed by atoms with Crippen molar-refractivity contribution in [2.45, 2.75) is 26.8 Å². The molecule has 16 heavy (non-hydrogen) atoms. The number of nitrogens with one attached hydrogen (secondary N) is 2. The lowest BCUT2D eigenvalue weighted by atomic mass is 10.4. The summed E-state index contributed by atoms with van der Waals surface area (Å²) >= 11 is 0. The first kappa shape index (κ1) is 12.6. The van der Waals surface area contributed by atoms with Crippen LogP contribution in [-0.2, 0) is 18.4 Å². The van der Waals surface area contributed by atoms with Crippen molar-refractivity contribution in [1.29, 1.82) is 0 Å². The van der Waals surface area contributed by atoms with Gasteiger partial charge < -0.3 is 15.2 Å². The highest BCUT2D eigenvalue weighted by molar-refractivity contribution is 5.75. The number of hydrogen-bond acceptors (Lipinski definition) is 4. The number of aryl methyl sites for hydroxylation is 1. The van der Waals surface area contributed by atoms with E-state index in [1.54, 1.807) is 0 Å². The van der Waals surface area contributed by atoms with Crippen molar-refractivity contribution in [3.63, 3.8) is 0 Å². The number of carbonyl (C=O) groups is 1. The molecule has 0 spiro atoms. The van der Waals surface area contributed by atoms with Gasteiger partial charge in [0.15, 0.2) is 0 Å². The quantitative estimate of drug-likeness (QED) is 0.654. The van der Waals surface area contributed by atoms with Gasteiger partial charge in [-0.25, -0.2) is 0 Å². The van der Waals surface area contributed by atoms with E-state index in [9.17, 15) is 4.79 Å². The van der Waals surface area contributed by atoms with Gasteiger partial charge in [-0.3, -0.25) is 4.79 Å². The summed E-state index contributed by atoms with van der Waals surface area (Å²) in [6.07, 6.45) is 0.491. The Hall–Kier alpha value is -1.43. The Labute approximate surface area is 95.4 Å². The minimum Gasteiger partial charge on any atom is -0.356 e. The molecule has 0 aliphatic rings. The lowest BCUT2D eigenvalue weighted by Crippen LogP contribution is -2.27. The van der Waals surface area contributed by atoms with Crippen LogP contribution < -0.4 is 10.6 Å². The molecular weight excluding hydrogens is 206 g/mol. The number of nitrogens with zero attached hydrogens (tertiary/aromatic N) is 3. The Kier molecular flexibility index (Phi) is 4.91. The summed E-state index contributed by atoms with van der Waals surface area (Å²) < 4.78 is 1.93. The van der Waals surface area contributed by atoms with Crippen molar-refractivity contribution in [3.05, 3.63) is 11.6 Å². The summed E-state index contributed by atoms with van der Waals surface area (Å²) in [5, 5.41) is 13.9. The molecule has 1 aromatic heterocycles. The standard InChI is InChI=1S/C10H19N5O/c1-4-12-10(16)5-6-11-7-9-14-13-8(2)15(9)3/h11H,4-7H2,1-3H3,(H,12,16). The van der Waals surface area contributed by atoms with Crippen molar-refractivity contribution in [2.75, 3.05) is 13.1 Å². The van der Waals surface area contributed by atoms with E-state index < -0.39 is 0 Å². The van der Waals surface area contributed by atoms with Crippen molar-refractivity contribution in [1.82, 2.24) is 25.4 Å². The zero-order valence-corrected chi connectivity index (χ0v) is 10.1. The number of aromatic nitrogens is 3. The van der Waals surface area contributed by atoms with Gasteiger partial charge in [-0.15, -0.1) is 10.2 Å². The van der Waals surface area contributed by atoms with E-state index >= 15 is 0 Å². The second-order valence-corrected chi connectivity index (χ2v) is 3.60. The summed E-state index contributed by atoms with van der Waals surface area (Å²) in [6, 6.07) is 0. The fourth-order valence-electron chi connectivity index (χ4n) is 1.29. The van der Waals surface area contributed by atoms with Crippen LogP contribution >= 0.6 is 0 Å². The van der Waals surface area contributed by atoms with Gasteiger partial charge in [-0.2, -0.15) is 0 Å². The molecule has 0 saturated carbocycles. The number of amides is 1. The molecule has 0 saturated heterocycles. The van der Waals surface area contributed by atoms with Crippen LogP contribution in [-0.4, -0.2) is 33.8 Å². The highest BCUT2D eigenvalue weighted by atomic mass is 16.1. The van der Waals surface area contributed by atoms with Crippen molar-refractivity contribution in [2.24, 2.45) is 7.05 Å². The maximum atomic E-state index is 11.1. The molecular formula is C10H19N5O. The second kappa shape index (κ2) is 6.22. The summed E-state index contributed by atoms with van der Waals surface area (Å²) in [7, 11) is 1.93. The molecule has 0 bridgehead atoms. The molecule has 0 aliphatic heterocycles. The second-order valence-electron chi connectivity index (χ2n) is 3.60. The third kappa shape index (κ3) is 3.62. The Morgan fingerprint density at radius 1 is 1.44 bits per heavy atom. The Morgan fingerprint density at radius 3 is 2.75 bits per heavy atom. The van der Waals surface area contributed by atoms with Crippen LogP contribution in [0.2, 0.25) is 0 Å². The van der Waals surface area contributed by atoms with Gasteiger partial charge in [0.2, 0.25) is 5.91 Å². The first-order valence-corrected chi connectivity index (χ1v) is 5.47. The van der Waals surface area contributed by atoms with Crippen LogP contribution in [0.3, 0.4) is 0 Å². The Morgan fingerprint density at radius 2 is 2.19 bits per heavy atom. The van der Waals surface area contributed by atoms with E-state index in [0.717, 1.165) is 11.6 Å². The molecule has 6 nitrogen and oxygen atoms in total. The fourth-order valence-corrected chi connectivity index (χ4v) is 1.29. The normalized spacial score (nSPS) is 10.4. The van der Waals surface area contributed by atoms with Crippen LogP contribution in [0.4, 0.5) is 0 Å². The molecule has 1 amide bonds. The summed E-state index contributed by atoms with van der Waals surface area (Å²) in [4.78, 5) is 11.1. The first-order valence-electron chi connectivity index (χ1n) is 5.47. The highest BCUT2D eigenvalue weighted by Crippen LogP contribution is 1.96. The number of hydrogen-bond donors (Lipinski definition) is 2. The maximum absolute atomic E-state index is 11.1. The largest absolute Gasteiger partial charge is 0.356 e. The molecule has 0 aliphatic carbocycles. The summed E-state index contributed by atoms with van der Waals surface area (Å²) in [5.74, 6) is 1.85. The highest BCUT2D eigenvalue weighted by Gasteiger charge is 2.04. The lowest BCUT2D eigenvalue weighted by Gasteiger charge is -2.04. The molecule has 0 radical (unpaired) electrons. The predicted molar refractivity (Wildman–Crippen MR) is 60.7 cm³/mol. The van der Waals surface area contributed by atoms with Crippen LogP contribution in [0.5, 0.6) is 0 Å².